The van der Waals surface area contributed by atoms with Crippen LogP contribution in [0.5, 0.6) is 0 Å². The summed E-state index contributed by atoms with van der Waals surface area (Å²) < 4.78 is 13.0. The molecular formula is C10H10FN5. The Kier molecular flexibility index (Phi) is 2.40. The van der Waals surface area contributed by atoms with Gasteiger partial charge < -0.3 is 11.5 Å². The second kappa shape index (κ2) is 3.73. The minimum atomic E-state index is -0.325. The lowest BCUT2D eigenvalue weighted by Crippen LogP contribution is -2.22. The largest absolute Gasteiger partial charge is 0.370 e. The first kappa shape index (κ1) is 10.3. The highest BCUT2D eigenvalue weighted by molar-refractivity contribution is 5.83. The van der Waals surface area contributed by atoms with Crippen LogP contribution in [-0.2, 0) is 0 Å². The Bertz CT molecular complexity index is 575. The second-order valence-electron chi connectivity index (χ2n) is 3.31. The first-order chi connectivity index (χ1) is 7.56. The van der Waals surface area contributed by atoms with Gasteiger partial charge in [-0.2, -0.15) is 4.99 Å². The summed E-state index contributed by atoms with van der Waals surface area (Å²) >= 11 is 0. The molecule has 0 fully saturated rings. The quantitative estimate of drug-likeness (QED) is 0.552. The van der Waals surface area contributed by atoms with Crippen LogP contribution in [0.3, 0.4) is 0 Å². The molecule has 0 aliphatic rings. The topological polar surface area (TPSA) is 90.2 Å². The van der Waals surface area contributed by atoms with Crippen LogP contribution in [0.2, 0.25) is 0 Å². The zero-order chi connectivity index (χ0) is 11.7. The molecule has 0 radical (unpaired) electrons. The van der Waals surface area contributed by atoms with E-state index in [2.05, 4.69) is 15.0 Å². The van der Waals surface area contributed by atoms with Crippen LogP contribution in [-0.4, -0.2) is 15.9 Å². The summed E-state index contributed by atoms with van der Waals surface area (Å²) in [5.74, 6) is -0.258. The maximum absolute atomic E-state index is 13.0. The smallest absolute Gasteiger partial charge is 0.253 e. The number of aliphatic imine (C=N–C) groups is 1. The molecule has 16 heavy (non-hydrogen) atoms. The number of aryl methyl sites for hydroxylation is 1. The highest BCUT2D eigenvalue weighted by Crippen LogP contribution is 2.19. The number of hydrogen-bond donors (Lipinski definition) is 2. The van der Waals surface area contributed by atoms with Crippen molar-refractivity contribution in [2.24, 2.45) is 16.5 Å². The van der Waals surface area contributed by atoms with E-state index in [9.17, 15) is 4.39 Å². The molecule has 0 saturated carbocycles. The summed E-state index contributed by atoms with van der Waals surface area (Å²) in [7, 11) is 0. The fourth-order valence-electron chi connectivity index (χ4n) is 1.40. The Morgan fingerprint density at radius 2 is 2.06 bits per heavy atom. The summed E-state index contributed by atoms with van der Waals surface area (Å²) in [5, 5.41) is 0.648. The first-order valence-corrected chi connectivity index (χ1v) is 4.60. The van der Waals surface area contributed by atoms with Gasteiger partial charge in [-0.05, 0) is 25.1 Å². The molecule has 2 rings (SSSR count). The Morgan fingerprint density at radius 3 is 2.75 bits per heavy atom. The molecule has 1 aromatic heterocycles. The Morgan fingerprint density at radius 1 is 1.31 bits per heavy atom. The zero-order valence-corrected chi connectivity index (χ0v) is 8.61. The molecule has 0 bridgehead atoms. The van der Waals surface area contributed by atoms with Crippen molar-refractivity contribution in [2.75, 3.05) is 0 Å². The molecule has 0 aliphatic heterocycles. The van der Waals surface area contributed by atoms with Crippen molar-refractivity contribution in [1.29, 1.82) is 0 Å². The average molecular weight is 219 g/mol. The number of fused-ring (bicyclic) bond motifs is 1. The van der Waals surface area contributed by atoms with Gasteiger partial charge in [0.1, 0.15) is 5.82 Å². The second-order valence-corrected chi connectivity index (χ2v) is 3.31. The summed E-state index contributed by atoms with van der Waals surface area (Å²) in [5.41, 5.74) is 11.7. The van der Waals surface area contributed by atoms with Gasteiger partial charge in [0.05, 0.1) is 11.2 Å². The predicted octanol–water partition coefficient (Wildman–Crippen LogP) is 0.982. The number of guanidine groups is 1. The van der Waals surface area contributed by atoms with E-state index in [0.29, 0.717) is 16.6 Å². The number of benzene rings is 1. The molecule has 1 heterocycles. The highest BCUT2D eigenvalue weighted by atomic mass is 19.1. The minimum Gasteiger partial charge on any atom is -0.370 e. The van der Waals surface area contributed by atoms with E-state index >= 15 is 0 Å². The number of hydrogen-bond acceptors (Lipinski definition) is 3. The predicted molar refractivity (Wildman–Crippen MR) is 59.7 cm³/mol. The summed E-state index contributed by atoms with van der Waals surface area (Å²) in [6, 6.07) is 4.27. The van der Waals surface area contributed by atoms with Crippen molar-refractivity contribution in [2.45, 2.75) is 6.92 Å². The van der Waals surface area contributed by atoms with Crippen LogP contribution in [0.15, 0.2) is 23.2 Å². The van der Waals surface area contributed by atoms with Crippen molar-refractivity contribution < 1.29 is 4.39 Å². The minimum absolute atomic E-state index is 0.110. The number of nitrogens with two attached hydrogens (primary N) is 2. The summed E-state index contributed by atoms with van der Waals surface area (Å²) in [6.45, 7) is 1.75. The van der Waals surface area contributed by atoms with Gasteiger partial charge in [-0.25, -0.2) is 14.4 Å². The van der Waals surface area contributed by atoms with Gasteiger partial charge in [-0.3, -0.25) is 0 Å². The van der Waals surface area contributed by atoms with Gasteiger partial charge in [0.15, 0.2) is 5.96 Å². The van der Waals surface area contributed by atoms with E-state index in [4.69, 9.17) is 11.5 Å². The lowest BCUT2D eigenvalue weighted by molar-refractivity contribution is 0.629. The zero-order valence-electron chi connectivity index (χ0n) is 8.61. The fraction of sp³-hybridized carbons (Fsp3) is 0.100. The third kappa shape index (κ3) is 1.90. The molecule has 6 heteroatoms. The lowest BCUT2D eigenvalue weighted by Gasteiger charge is -2.02. The van der Waals surface area contributed by atoms with Gasteiger partial charge >= 0.3 is 0 Å². The van der Waals surface area contributed by atoms with E-state index < -0.39 is 0 Å². The van der Waals surface area contributed by atoms with E-state index in [1.54, 1.807) is 13.0 Å². The monoisotopic (exact) mass is 219 g/mol. The van der Waals surface area contributed by atoms with Crippen molar-refractivity contribution in [3.8, 4) is 0 Å². The summed E-state index contributed by atoms with van der Waals surface area (Å²) in [4.78, 5) is 11.9. The highest BCUT2D eigenvalue weighted by Gasteiger charge is 2.04. The first-order valence-electron chi connectivity index (χ1n) is 4.60. The number of aromatic nitrogens is 2. The Balaban J connectivity index is 2.68. The third-order valence-electron chi connectivity index (χ3n) is 2.07. The standard InChI is InChI=1S/C10H10FN5/c1-5-7-4-6(11)2-3-8(7)15-10(14-5)16-9(12)13/h2-4H,1H3,(H4,12,13,14,15,16). The summed E-state index contributed by atoms with van der Waals surface area (Å²) in [6.07, 6.45) is 0. The number of rotatable bonds is 1. The molecule has 0 amide bonds. The van der Waals surface area contributed by atoms with Crippen LogP contribution in [0.1, 0.15) is 5.69 Å². The Labute approximate surface area is 91.0 Å². The van der Waals surface area contributed by atoms with E-state index in [-0.39, 0.29) is 17.7 Å². The molecular weight excluding hydrogens is 209 g/mol. The third-order valence-corrected chi connectivity index (χ3v) is 2.07. The van der Waals surface area contributed by atoms with Crippen molar-refractivity contribution >= 4 is 22.8 Å². The maximum atomic E-state index is 13.0. The molecule has 0 atom stereocenters. The molecule has 0 aliphatic carbocycles. The van der Waals surface area contributed by atoms with Gasteiger partial charge in [-0.15, -0.1) is 0 Å². The number of halogens is 1. The molecule has 2 aromatic rings. The molecule has 1 aromatic carbocycles. The Hall–Kier alpha value is -2.24. The van der Waals surface area contributed by atoms with Crippen molar-refractivity contribution in [3.63, 3.8) is 0 Å². The van der Waals surface area contributed by atoms with E-state index in [1.807, 2.05) is 0 Å². The van der Waals surface area contributed by atoms with Gasteiger partial charge in [-0.1, -0.05) is 0 Å². The maximum Gasteiger partial charge on any atom is 0.253 e. The molecule has 0 unspecified atom stereocenters. The molecule has 4 N–H and O–H groups in total. The molecule has 82 valence electrons. The van der Waals surface area contributed by atoms with Crippen LogP contribution in [0.4, 0.5) is 10.3 Å². The fourth-order valence-corrected chi connectivity index (χ4v) is 1.40. The van der Waals surface area contributed by atoms with Crippen LogP contribution in [0, 0.1) is 12.7 Å². The van der Waals surface area contributed by atoms with Crippen molar-refractivity contribution in [3.05, 3.63) is 29.7 Å². The van der Waals surface area contributed by atoms with Gasteiger partial charge in [0.2, 0.25) is 0 Å². The van der Waals surface area contributed by atoms with E-state index in [0.717, 1.165) is 0 Å². The van der Waals surface area contributed by atoms with Gasteiger partial charge in [0.25, 0.3) is 5.95 Å². The van der Waals surface area contributed by atoms with Crippen LogP contribution >= 0.6 is 0 Å². The van der Waals surface area contributed by atoms with Gasteiger partial charge in [0, 0.05) is 5.39 Å². The molecule has 0 saturated heterocycles. The van der Waals surface area contributed by atoms with Crippen molar-refractivity contribution in [1.82, 2.24) is 9.97 Å². The number of nitrogens with zero attached hydrogens (tertiary/aromatic N) is 3. The van der Waals surface area contributed by atoms with E-state index in [1.165, 1.54) is 12.1 Å². The lowest BCUT2D eigenvalue weighted by atomic mass is 10.2. The van der Waals surface area contributed by atoms with Crippen LogP contribution < -0.4 is 11.5 Å². The molecule has 5 nitrogen and oxygen atoms in total. The normalized spacial score (nSPS) is 10.4. The average Bonchev–Trinajstić information content (AvgIpc) is 2.18. The molecule has 0 spiro atoms. The van der Waals surface area contributed by atoms with Crippen LogP contribution in [0.25, 0.3) is 10.9 Å². The SMILES string of the molecule is Cc1nc(N=C(N)N)nc2ccc(F)cc12.